The van der Waals surface area contributed by atoms with E-state index in [1.54, 1.807) is 6.08 Å². The molecule has 0 aliphatic carbocycles. The molecule has 0 aromatic heterocycles. The summed E-state index contributed by atoms with van der Waals surface area (Å²) >= 11 is 0. The standard InChI is InChI=1S/C64H109N2O6P/c1-6-8-10-12-14-16-18-20-22-23-24-25-26-27-28-29-30-31-32-33-34-35-36-37-38-39-40-41-42-43-44-46-48-50-52-54-56-58-64(68)65-62(61-72-73(69,70)71-60-59-66(3,4)5)63(67)57-55-53-51-49-47-45-21-19-17-15-13-11-9-7-2/h8,10,14,16,20,22,24-25,27-28,30-31,33-34,36-37,39-40,47,49,55,57,62-63,67H,6-7,9,11-13,15,17-19,21,23,26,29,32,35,38,41-46,48,50-54,56,58-61H2,1-5H3,(H-,65,68,69,70)/p+1/b10-8-,16-14-,22-20-,25-24-,28-27-,31-30-,34-33-,37-36-,40-39-,49-47+,57-55+. The second-order valence-corrected chi connectivity index (χ2v) is 21.7. The molecule has 416 valence electrons. The Kier molecular flexibility index (Phi) is 51.0. The van der Waals surface area contributed by atoms with Crippen LogP contribution in [0.5, 0.6) is 0 Å². The minimum Gasteiger partial charge on any atom is -0.387 e. The molecule has 0 heterocycles. The van der Waals surface area contributed by atoms with E-state index in [0.717, 1.165) is 103 Å². The maximum absolute atomic E-state index is 13.0. The fraction of sp³-hybridized carbons (Fsp3) is 0.641. The number of hydrogen-bond donors (Lipinski definition) is 3. The molecular formula is C64H110N2O6P+. The fourth-order valence-electron chi connectivity index (χ4n) is 7.58. The van der Waals surface area contributed by atoms with Crippen LogP contribution < -0.4 is 5.32 Å². The highest BCUT2D eigenvalue weighted by Crippen LogP contribution is 2.43. The molecule has 3 atom stereocenters. The molecule has 0 aliphatic rings. The van der Waals surface area contributed by atoms with Gasteiger partial charge < -0.3 is 19.8 Å². The number of quaternary nitrogens is 1. The van der Waals surface area contributed by atoms with E-state index in [2.05, 4.69) is 141 Å². The van der Waals surface area contributed by atoms with Crippen molar-refractivity contribution in [3.05, 3.63) is 134 Å². The van der Waals surface area contributed by atoms with Crippen molar-refractivity contribution in [3.8, 4) is 0 Å². The molecule has 8 nitrogen and oxygen atoms in total. The Labute approximate surface area is 449 Å². The molecule has 0 aliphatic heterocycles. The Balaban J connectivity index is 4.17. The summed E-state index contributed by atoms with van der Waals surface area (Å²) in [6.07, 6.45) is 81.3. The van der Waals surface area contributed by atoms with Crippen LogP contribution in [0.1, 0.15) is 213 Å². The Morgan fingerprint density at radius 3 is 1.26 bits per heavy atom. The molecule has 3 unspecified atom stereocenters. The van der Waals surface area contributed by atoms with Gasteiger partial charge in [0, 0.05) is 6.42 Å². The van der Waals surface area contributed by atoms with E-state index in [4.69, 9.17) is 9.05 Å². The lowest BCUT2D eigenvalue weighted by Crippen LogP contribution is -2.45. The summed E-state index contributed by atoms with van der Waals surface area (Å²) in [7, 11) is 1.53. The number of nitrogens with one attached hydrogen (secondary N) is 1. The first kappa shape index (κ1) is 69.6. The third-order valence-electron chi connectivity index (χ3n) is 12.1. The van der Waals surface area contributed by atoms with Crippen LogP contribution in [-0.4, -0.2) is 73.4 Å². The fourth-order valence-corrected chi connectivity index (χ4v) is 8.31. The van der Waals surface area contributed by atoms with Gasteiger partial charge in [0.15, 0.2) is 0 Å². The lowest BCUT2D eigenvalue weighted by atomic mass is 10.1. The van der Waals surface area contributed by atoms with Gasteiger partial charge >= 0.3 is 7.82 Å². The van der Waals surface area contributed by atoms with Crippen LogP contribution in [0.2, 0.25) is 0 Å². The molecule has 1 amide bonds. The Hall–Kier alpha value is -3.36. The second-order valence-electron chi connectivity index (χ2n) is 20.3. The second kappa shape index (κ2) is 53.5. The van der Waals surface area contributed by atoms with Gasteiger partial charge in [-0.15, -0.1) is 0 Å². The number of likely N-dealkylation sites (N-methyl/N-ethyl adjacent to an activating group) is 1. The molecule has 0 spiro atoms. The van der Waals surface area contributed by atoms with E-state index in [-0.39, 0.29) is 19.1 Å². The summed E-state index contributed by atoms with van der Waals surface area (Å²) in [5.74, 6) is -0.200. The highest BCUT2D eigenvalue weighted by Gasteiger charge is 2.27. The average molecular weight is 1030 g/mol. The zero-order chi connectivity index (χ0) is 53.5. The van der Waals surface area contributed by atoms with E-state index in [1.807, 2.05) is 27.2 Å². The lowest BCUT2D eigenvalue weighted by Gasteiger charge is -2.25. The van der Waals surface area contributed by atoms with Gasteiger partial charge in [-0.1, -0.05) is 237 Å². The zero-order valence-electron chi connectivity index (χ0n) is 47.3. The van der Waals surface area contributed by atoms with Crippen LogP contribution in [0.3, 0.4) is 0 Å². The number of phosphoric acid groups is 1. The number of phosphoric ester groups is 1. The van der Waals surface area contributed by atoms with Gasteiger partial charge in [-0.25, -0.2) is 4.57 Å². The van der Waals surface area contributed by atoms with Crippen LogP contribution in [0.25, 0.3) is 0 Å². The van der Waals surface area contributed by atoms with E-state index in [1.165, 1.54) is 89.9 Å². The van der Waals surface area contributed by atoms with Gasteiger partial charge in [0.25, 0.3) is 0 Å². The summed E-state index contributed by atoms with van der Waals surface area (Å²) in [5, 5.41) is 13.9. The number of allylic oxidation sites excluding steroid dienone is 21. The van der Waals surface area contributed by atoms with Crippen LogP contribution in [0, 0.1) is 0 Å². The monoisotopic (exact) mass is 1030 g/mol. The first-order chi connectivity index (χ1) is 35.5. The van der Waals surface area contributed by atoms with E-state index < -0.39 is 20.0 Å². The van der Waals surface area contributed by atoms with Gasteiger partial charge in [-0.2, -0.15) is 0 Å². The van der Waals surface area contributed by atoms with Gasteiger partial charge in [-0.3, -0.25) is 13.8 Å². The average Bonchev–Trinajstić information content (AvgIpc) is 3.35. The zero-order valence-corrected chi connectivity index (χ0v) is 48.2. The van der Waals surface area contributed by atoms with Crippen molar-refractivity contribution in [1.82, 2.24) is 5.32 Å². The van der Waals surface area contributed by atoms with Crippen LogP contribution in [-0.2, 0) is 18.4 Å². The number of aliphatic hydroxyl groups excluding tert-OH is 1. The summed E-state index contributed by atoms with van der Waals surface area (Å²) in [6, 6.07) is -0.875. The van der Waals surface area contributed by atoms with Crippen molar-refractivity contribution < 1.29 is 32.9 Å². The summed E-state index contributed by atoms with van der Waals surface area (Å²) < 4.78 is 23.6. The molecule has 0 fully saturated rings. The number of carbonyl (C=O) groups is 1. The molecule has 73 heavy (non-hydrogen) atoms. The molecule has 3 N–H and O–H groups in total. The third-order valence-corrected chi connectivity index (χ3v) is 13.1. The van der Waals surface area contributed by atoms with E-state index in [9.17, 15) is 19.4 Å². The molecule has 9 heteroatoms. The van der Waals surface area contributed by atoms with Gasteiger partial charge in [0.2, 0.25) is 5.91 Å². The Morgan fingerprint density at radius 2 is 0.836 bits per heavy atom. The Bertz CT molecular complexity index is 1640. The number of hydrogen-bond acceptors (Lipinski definition) is 5. The molecule has 0 radical (unpaired) electrons. The quantitative estimate of drug-likeness (QED) is 0.0243. The van der Waals surface area contributed by atoms with Crippen LogP contribution in [0.4, 0.5) is 0 Å². The number of amides is 1. The number of unbranched alkanes of at least 4 members (excludes halogenated alkanes) is 18. The van der Waals surface area contributed by atoms with E-state index >= 15 is 0 Å². The van der Waals surface area contributed by atoms with Crippen molar-refractivity contribution in [1.29, 1.82) is 0 Å². The molecule has 0 saturated heterocycles. The number of rotatable bonds is 51. The molecule has 0 aromatic carbocycles. The number of nitrogens with zero attached hydrogens (tertiary/aromatic N) is 1. The number of aliphatic hydroxyl groups is 1. The predicted octanol–water partition coefficient (Wildman–Crippen LogP) is 17.9. The van der Waals surface area contributed by atoms with Gasteiger partial charge in [-0.05, 0) is 103 Å². The third kappa shape index (κ3) is 56.2. The van der Waals surface area contributed by atoms with Crippen LogP contribution >= 0.6 is 7.82 Å². The molecule has 0 aromatic rings. The van der Waals surface area contributed by atoms with Crippen LogP contribution in [0.15, 0.2) is 134 Å². The van der Waals surface area contributed by atoms with E-state index in [0.29, 0.717) is 17.4 Å². The normalized spacial score (nSPS) is 14.9. The van der Waals surface area contributed by atoms with Gasteiger partial charge in [0.1, 0.15) is 13.2 Å². The van der Waals surface area contributed by atoms with Crippen molar-refractivity contribution in [2.75, 3.05) is 40.9 Å². The highest BCUT2D eigenvalue weighted by atomic mass is 31.2. The minimum absolute atomic E-state index is 0.0484. The Morgan fingerprint density at radius 1 is 0.479 bits per heavy atom. The lowest BCUT2D eigenvalue weighted by molar-refractivity contribution is -0.870. The van der Waals surface area contributed by atoms with Crippen molar-refractivity contribution >= 4 is 13.7 Å². The number of carbonyl (C=O) groups excluding carboxylic acids is 1. The largest absolute Gasteiger partial charge is 0.472 e. The highest BCUT2D eigenvalue weighted by molar-refractivity contribution is 7.47. The minimum atomic E-state index is -4.36. The van der Waals surface area contributed by atoms with Gasteiger partial charge in [0.05, 0.1) is 39.9 Å². The maximum Gasteiger partial charge on any atom is 0.472 e. The summed E-state index contributed by atoms with van der Waals surface area (Å²) in [6.45, 7) is 4.65. The van der Waals surface area contributed by atoms with Crippen molar-refractivity contribution in [2.45, 2.75) is 225 Å². The molecule has 0 bridgehead atoms. The summed E-state index contributed by atoms with van der Waals surface area (Å²) in [4.78, 5) is 23.3. The summed E-state index contributed by atoms with van der Waals surface area (Å²) in [5.41, 5.74) is 0. The first-order valence-electron chi connectivity index (χ1n) is 29.1. The maximum atomic E-state index is 13.0. The topological polar surface area (TPSA) is 105 Å². The van der Waals surface area contributed by atoms with Crippen molar-refractivity contribution in [2.24, 2.45) is 0 Å². The molecular weight excluding hydrogens is 924 g/mol. The molecule has 0 saturated carbocycles. The SMILES string of the molecule is CC/C=C\C/C=C\C/C=C\C/C=C\C/C=C\C/C=C\C/C=C\C/C=C\C/C=C\CCCCCCCCCCCC(=O)NC(COP(=O)(O)OCC[N+](C)(C)C)C(O)/C=C/CC/C=C/CCCCCCCCCC. The van der Waals surface area contributed by atoms with Crippen molar-refractivity contribution in [3.63, 3.8) is 0 Å². The predicted molar refractivity (Wildman–Crippen MR) is 318 cm³/mol. The molecule has 0 rings (SSSR count). The smallest absolute Gasteiger partial charge is 0.387 e. The first-order valence-corrected chi connectivity index (χ1v) is 30.6.